The Kier molecular flexibility index (Phi) is 3.97. The summed E-state index contributed by atoms with van der Waals surface area (Å²) >= 11 is 0. The van der Waals surface area contributed by atoms with E-state index in [-0.39, 0.29) is 11.9 Å². The van der Waals surface area contributed by atoms with Gasteiger partial charge in [0.25, 0.3) is 5.91 Å². The van der Waals surface area contributed by atoms with E-state index in [2.05, 4.69) is 22.5 Å². The number of hydrogen-bond donors (Lipinski definition) is 2. The van der Waals surface area contributed by atoms with Gasteiger partial charge in [-0.05, 0) is 52.3 Å². The Morgan fingerprint density at radius 2 is 2.22 bits per heavy atom. The van der Waals surface area contributed by atoms with Crippen LogP contribution >= 0.6 is 0 Å². The number of carbonyl (C=O) groups is 1. The molecule has 2 heterocycles. The molecule has 4 heteroatoms. The van der Waals surface area contributed by atoms with Gasteiger partial charge >= 0.3 is 0 Å². The molecule has 0 radical (unpaired) electrons. The number of rotatable bonds is 2. The van der Waals surface area contributed by atoms with E-state index in [1.54, 1.807) is 0 Å². The molecule has 2 N–H and O–H groups in total. The van der Waals surface area contributed by atoms with E-state index in [0.717, 1.165) is 30.8 Å². The first-order valence-corrected chi connectivity index (χ1v) is 6.55. The molecule has 1 fully saturated rings. The van der Waals surface area contributed by atoms with E-state index in [9.17, 15) is 4.79 Å². The average Bonchev–Trinajstić information content (AvgIpc) is 2.28. The quantitative estimate of drug-likeness (QED) is 0.834. The van der Waals surface area contributed by atoms with Crippen molar-refractivity contribution in [2.75, 3.05) is 6.54 Å². The molecule has 2 rings (SSSR count). The fourth-order valence-corrected chi connectivity index (χ4v) is 2.45. The van der Waals surface area contributed by atoms with Crippen LogP contribution in [0.2, 0.25) is 0 Å². The van der Waals surface area contributed by atoms with Crippen molar-refractivity contribution in [1.29, 1.82) is 0 Å². The summed E-state index contributed by atoms with van der Waals surface area (Å²) in [7, 11) is 0. The van der Waals surface area contributed by atoms with Gasteiger partial charge in [-0.15, -0.1) is 0 Å². The third-order valence-corrected chi connectivity index (χ3v) is 3.43. The highest BCUT2D eigenvalue weighted by Crippen LogP contribution is 2.11. The Hall–Kier alpha value is -1.42. The van der Waals surface area contributed by atoms with Crippen molar-refractivity contribution in [3.63, 3.8) is 0 Å². The van der Waals surface area contributed by atoms with Gasteiger partial charge in [0.15, 0.2) is 0 Å². The number of nitrogens with zero attached hydrogens (tertiary/aromatic N) is 1. The lowest BCUT2D eigenvalue weighted by Gasteiger charge is -2.28. The molecule has 0 spiro atoms. The zero-order chi connectivity index (χ0) is 13.1. The maximum absolute atomic E-state index is 12.2. The first-order valence-electron chi connectivity index (χ1n) is 6.55. The monoisotopic (exact) mass is 247 g/mol. The Morgan fingerprint density at radius 3 is 2.89 bits per heavy atom. The molecule has 1 saturated heterocycles. The van der Waals surface area contributed by atoms with E-state index in [1.165, 1.54) is 0 Å². The fraction of sp³-hybridized carbons (Fsp3) is 0.571. The van der Waals surface area contributed by atoms with Crippen molar-refractivity contribution >= 4 is 5.91 Å². The number of amides is 1. The minimum Gasteiger partial charge on any atom is -0.349 e. The van der Waals surface area contributed by atoms with Crippen LogP contribution in [0.4, 0.5) is 0 Å². The largest absolute Gasteiger partial charge is 0.349 e. The summed E-state index contributed by atoms with van der Waals surface area (Å²) in [6.45, 7) is 6.93. The van der Waals surface area contributed by atoms with Crippen molar-refractivity contribution in [2.45, 2.75) is 45.7 Å². The topological polar surface area (TPSA) is 54.0 Å². The molecule has 0 aliphatic carbocycles. The molecule has 2 atom stereocenters. The zero-order valence-electron chi connectivity index (χ0n) is 11.3. The summed E-state index contributed by atoms with van der Waals surface area (Å²) in [6, 6.07) is 4.49. The molecule has 1 amide bonds. The molecule has 4 nitrogen and oxygen atoms in total. The Morgan fingerprint density at radius 1 is 1.44 bits per heavy atom. The van der Waals surface area contributed by atoms with Crippen molar-refractivity contribution in [3.05, 3.63) is 29.1 Å². The van der Waals surface area contributed by atoms with Crippen molar-refractivity contribution in [3.8, 4) is 0 Å². The van der Waals surface area contributed by atoms with Gasteiger partial charge in [-0.3, -0.25) is 9.78 Å². The molecule has 2 unspecified atom stereocenters. The van der Waals surface area contributed by atoms with Gasteiger partial charge in [-0.25, -0.2) is 0 Å². The lowest BCUT2D eigenvalue weighted by molar-refractivity contribution is 0.0924. The highest BCUT2D eigenvalue weighted by molar-refractivity contribution is 5.95. The molecule has 98 valence electrons. The second-order valence-corrected chi connectivity index (χ2v) is 5.14. The zero-order valence-corrected chi connectivity index (χ0v) is 11.3. The number of pyridine rings is 1. The summed E-state index contributed by atoms with van der Waals surface area (Å²) in [5.41, 5.74) is 2.43. The van der Waals surface area contributed by atoms with E-state index < -0.39 is 0 Å². The molecule has 18 heavy (non-hydrogen) atoms. The lowest BCUT2D eigenvalue weighted by Crippen LogP contribution is -2.46. The maximum Gasteiger partial charge on any atom is 0.253 e. The molecule has 1 aliphatic rings. The van der Waals surface area contributed by atoms with E-state index >= 15 is 0 Å². The second kappa shape index (κ2) is 5.48. The van der Waals surface area contributed by atoms with Gasteiger partial charge in [0.1, 0.15) is 0 Å². The highest BCUT2D eigenvalue weighted by Gasteiger charge is 2.21. The van der Waals surface area contributed by atoms with Gasteiger partial charge in [-0.2, -0.15) is 0 Å². The molecule has 1 aromatic heterocycles. The first kappa shape index (κ1) is 13.0. The number of carbonyl (C=O) groups excluding carboxylic acids is 1. The molecule has 0 aromatic carbocycles. The Bertz CT molecular complexity index is 445. The smallest absolute Gasteiger partial charge is 0.253 e. The molecular weight excluding hydrogens is 226 g/mol. The fourth-order valence-electron chi connectivity index (χ4n) is 2.45. The molecule has 0 saturated carbocycles. The third kappa shape index (κ3) is 3.07. The predicted octanol–water partition coefficient (Wildman–Crippen LogP) is 1.57. The summed E-state index contributed by atoms with van der Waals surface area (Å²) in [4.78, 5) is 16.5. The standard InChI is InChI=1S/C14H21N3O/c1-9-4-5-13(11(3)16-9)14(18)17-12-6-7-15-10(2)8-12/h4-5,10,12,15H,6-8H2,1-3H3,(H,17,18). The normalized spacial score (nSPS) is 23.7. The van der Waals surface area contributed by atoms with Crippen LogP contribution in [0.25, 0.3) is 0 Å². The number of aryl methyl sites for hydroxylation is 2. The van der Waals surface area contributed by atoms with Crippen molar-refractivity contribution < 1.29 is 4.79 Å². The summed E-state index contributed by atoms with van der Waals surface area (Å²) in [6.07, 6.45) is 1.98. The van der Waals surface area contributed by atoms with Crippen LogP contribution in [0.3, 0.4) is 0 Å². The maximum atomic E-state index is 12.2. The summed E-state index contributed by atoms with van der Waals surface area (Å²) < 4.78 is 0. The Balaban J connectivity index is 2.03. The average molecular weight is 247 g/mol. The van der Waals surface area contributed by atoms with E-state index in [0.29, 0.717) is 11.6 Å². The number of piperidine rings is 1. The molecular formula is C14H21N3O. The second-order valence-electron chi connectivity index (χ2n) is 5.14. The van der Waals surface area contributed by atoms with Crippen LogP contribution in [0.1, 0.15) is 41.5 Å². The van der Waals surface area contributed by atoms with Gasteiger partial charge in [0, 0.05) is 17.8 Å². The molecule has 1 aromatic rings. The van der Waals surface area contributed by atoms with Crippen molar-refractivity contribution in [2.24, 2.45) is 0 Å². The van der Waals surface area contributed by atoms with Crippen LogP contribution < -0.4 is 10.6 Å². The minimum atomic E-state index is -0.000833. The number of nitrogens with one attached hydrogen (secondary N) is 2. The van der Waals surface area contributed by atoms with Crippen LogP contribution in [0.15, 0.2) is 12.1 Å². The third-order valence-electron chi connectivity index (χ3n) is 3.43. The van der Waals surface area contributed by atoms with Crippen molar-refractivity contribution in [1.82, 2.24) is 15.6 Å². The predicted molar refractivity (Wildman–Crippen MR) is 71.7 cm³/mol. The van der Waals surface area contributed by atoms with Gasteiger partial charge in [-0.1, -0.05) is 0 Å². The summed E-state index contributed by atoms with van der Waals surface area (Å²) in [5, 5.41) is 6.49. The number of hydrogen-bond acceptors (Lipinski definition) is 3. The van der Waals surface area contributed by atoms with Gasteiger partial charge in [0.2, 0.25) is 0 Å². The highest BCUT2D eigenvalue weighted by atomic mass is 16.1. The van der Waals surface area contributed by atoms with Gasteiger partial charge < -0.3 is 10.6 Å². The first-order chi connectivity index (χ1) is 8.56. The van der Waals surface area contributed by atoms with Gasteiger partial charge in [0.05, 0.1) is 11.3 Å². The van der Waals surface area contributed by atoms with Crippen LogP contribution in [0, 0.1) is 13.8 Å². The van der Waals surface area contributed by atoms with E-state index in [1.807, 2.05) is 26.0 Å². The SMILES string of the molecule is Cc1ccc(C(=O)NC2CCNC(C)C2)c(C)n1. The summed E-state index contributed by atoms with van der Waals surface area (Å²) in [5.74, 6) is -0.000833. The molecule has 1 aliphatic heterocycles. The van der Waals surface area contributed by atoms with Crippen LogP contribution in [-0.4, -0.2) is 29.5 Å². The lowest BCUT2D eigenvalue weighted by atomic mass is 10.00. The van der Waals surface area contributed by atoms with E-state index in [4.69, 9.17) is 0 Å². The van der Waals surface area contributed by atoms with Crippen LogP contribution in [-0.2, 0) is 0 Å². The number of aromatic nitrogens is 1. The minimum absolute atomic E-state index is 0.000833. The molecule has 0 bridgehead atoms. The van der Waals surface area contributed by atoms with Crippen LogP contribution in [0.5, 0.6) is 0 Å². The Labute approximate surface area is 108 Å².